The van der Waals surface area contributed by atoms with E-state index in [9.17, 15) is 9.59 Å². The number of likely N-dealkylation sites (tertiary alicyclic amines) is 1. The molecule has 1 aromatic rings. The summed E-state index contributed by atoms with van der Waals surface area (Å²) < 4.78 is 4.91. The zero-order valence-electron chi connectivity index (χ0n) is 14.3. The molecule has 1 aliphatic rings. The van der Waals surface area contributed by atoms with E-state index in [-0.39, 0.29) is 18.4 Å². The minimum absolute atomic E-state index is 0.117. The fourth-order valence-corrected chi connectivity index (χ4v) is 2.75. The van der Waals surface area contributed by atoms with Crippen molar-refractivity contribution in [2.45, 2.75) is 25.7 Å². The quantitative estimate of drug-likeness (QED) is 0.748. The van der Waals surface area contributed by atoms with E-state index in [0.717, 1.165) is 31.6 Å². The molecule has 0 unspecified atom stereocenters. The number of nitrogens with zero attached hydrogens (tertiary/aromatic N) is 1. The number of nitrogens with one attached hydrogen (secondary N) is 2. The number of benzene rings is 1. The molecule has 0 saturated carbocycles. The Balaban J connectivity index is 1.84. The molecular formula is C18H27N3O3. The number of ether oxygens (including phenoxy) is 1. The van der Waals surface area contributed by atoms with Crippen molar-refractivity contribution in [1.82, 2.24) is 10.2 Å². The molecule has 0 bridgehead atoms. The molecule has 1 saturated heterocycles. The molecule has 0 radical (unpaired) electrons. The number of hydrogen-bond donors (Lipinski definition) is 2. The molecule has 1 heterocycles. The van der Waals surface area contributed by atoms with Crippen molar-refractivity contribution in [2.75, 3.05) is 45.2 Å². The molecular weight excluding hydrogens is 306 g/mol. The van der Waals surface area contributed by atoms with Gasteiger partial charge < -0.3 is 20.3 Å². The van der Waals surface area contributed by atoms with Crippen molar-refractivity contribution < 1.29 is 14.3 Å². The monoisotopic (exact) mass is 333 g/mol. The summed E-state index contributed by atoms with van der Waals surface area (Å²) in [6, 6.07) is 7.19. The fourth-order valence-electron chi connectivity index (χ4n) is 2.75. The average molecular weight is 333 g/mol. The average Bonchev–Trinajstić information content (AvgIpc) is 2.89. The SMILES string of the molecule is COCCNC(=O)c1cccc(NCC(=O)N2CCCCCC2)c1. The van der Waals surface area contributed by atoms with Gasteiger partial charge in [0.15, 0.2) is 0 Å². The lowest BCUT2D eigenvalue weighted by Crippen LogP contribution is -2.36. The van der Waals surface area contributed by atoms with E-state index in [4.69, 9.17) is 4.74 Å². The first kappa shape index (κ1) is 18.3. The van der Waals surface area contributed by atoms with Crippen LogP contribution in [0, 0.1) is 0 Å². The summed E-state index contributed by atoms with van der Waals surface area (Å²) in [4.78, 5) is 26.2. The number of hydrogen-bond acceptors (Lipinski definition) is 4. The van der Waals surface area contributed by atoms with E-state index in [0.29, 0.717) is 18.7 Å². The maximum absolute atomic E-state index is 12.3. The lowest BCUT2D eigenvalue weighted by atomic mass is 10.2. The summed E-state index contributed by atoms with van der Waals surface area (Å²) in [5.41, 5.74) is 1.34. The van der Waals surface area contributed by atoms with E-state index in [2.05, 4.69) is 10.6 Å². The minimum Gasteiger partial charge on any atom is -0.383 e. The zero-order chi connectivity index (χ0) is 17.2. The Hall–Kier alpha value is -2.08. The second-order valence-corrected chi connectivity index (χ2v) is 5.98. The summed E-state index contributed by atoms with van der Waals surface area (Å²) in [7, 11) is 1.60. The molecule has 6 heteroatoms. The van der Waals surface area contributed by atoms with Crippen LogP contribution in [0.2, 0.25) is 0 Å². The maximum atomic E-state index is 12.3. The number of anilines is 1. The second kappa shape index (κ2) is 9.93. The molecule has 1 aromatic carbocycles. The van der Waals surface area contributed by atoms with Crippen molar-refractivity contribution in [3.05, 3.63) is 29.8 Å². The highest BCUT2D eigenvalue weighted by atomic mass is 16.5. The van der Waals surface area contributed by atoms with Gasteiger partial charge in [-0.05, 0) is 31.0 Å². The van der Waals surface area contributed by atoms with E-state index in [1.165, 1.54) is 12.8 Å². The molecule has 1 aliphatic heterocycles. The van der Waals surface area contributed by atoms with Gasteiger partial charge in [0.05, 0.1) is 13.2 Å². The zero-order valence-corrected chi connectivity index (χ0v) is 14.3. The summed E-state index contributed by atoms with van der Waals surface area (Å²) in [6.07, 6.45) is 4.58. The van der Waals surface area contributed by atoms with Crippen molar-refractivity contribution in [3.8, 4) is 0 Å². The summed E-state index contributed by atoms with van der Waals surface area (Å²) in [5, 5.41) is 5.91. The summed E-state index contributed by atoms with van der Waals surface area (Å²) in [6.45, 7) is 2.91. The lowest BCUT2D eigenvalue weighted by molar-refractivity contribution is -0.129. The van der Waals surface area contributed by atoms with Crippen LogP contribution >= 0.6 is 0 Å². The van der Waals surface area contributed by atoms with E-state index in [1.807, 2.05) is 17.0 Å². The summed E-state index contributed by atoms with van der Waals surface area (Å²) in [5.74, 6) is -0.0265. The molecule has 132 valence electrons. The van der Waals surface area contributed by atoms with Crippen LogP contribution in [-0.2, 0) is 9.53 Å². The largest absolute Gasteiger partial charge is 0.383 e. The smallest absolute Gasteiger partial charge is 0.251 e. The van der Waals surface area contributed by atoms with Crippen LogP contribution in [-0.4, -0.2) is 56.6 Å². The topological polar surface area (TPSA) is 70.7 Å². The number of carbonyl (C=O) groups excluding carboxylic acids is 2. The first-order valence-electron chi connectivity index (χ1n) is 8.59. The van der Waals surface area contributed by atoms with Gasteiger partial charge in [-0.2, -0.15) is 0 Å². The third-order valence-corrected chi connectivity index (χ3v) is 4.12. The van der Waals surface area contributed by atoms with Crippen LogP contribution in [0.15, 0.2) is 24.3 Å². The van der Waals surface area contributed by atoms with Crippen LogP contribution in [0.4, 0.5) is 5.69 Å². The van der Waals surface area contributed by atoms with E-state index >= 15 is 0 Å². The van der Waals surface area contributed by atoms with Gasteiger partial charge in [0.1, 0.15) is 0 Å². The number of carbonyl (C=O) groups is 2. The van der Waals surface area contributed by atoms with Crippen molar-refractivity contribution >= 4 is 17.5 Å². The van der Waals surface area contributed by atoms with Gasteiger partial charge in [-0.15, -0.1) is 0 Å². The minimum atomic E-state index is -0.144. The first-order chi connectivity index (χ1) is 11.7. The third kappa shape index (κ3) is 5.85. The number of amides is 2. The molecule has 2 N–H and O–H groups in total. The Morgan fingerprint density at radius 2 is 1.92 bits per heavy atom. The van der Waals surface area contributed by atoms with Crippen LogP contribution < -0.4 is 10.6 Å². The number of rotatable bonds is 7. The normalized spacial score (nSPS) is 14.8. The van der Waals surface area contributed by atoms with E-state index < -0.39 is 0 Å². The van der Waals surface area contributed by atoms with Crippen molar-refractivity contribution in [2.24, 2.45) is 0 Å². The predicted octanol–water partition coefficient (Wildman–Crippen LogP) is 1.88. The van der Waals surface area contributed by atoms with Gasteiger partial charge in [-0.25, -0.2) is 0 Å². The molecule has 0 aromatic heterocycles. The lowest BCUT2D eigenvalue weighted by Gasteiger charge is -2.20. The number of methoxy groups -OCH3 is 1. The Morgan fingerprint density at radius 3 is 2.62 bits per heavy atom. The van der Waals surface area contributed by atoms with E-state index in [1.54, 1.807) is 19.2 Å². The third-order valence-electron chi connectivity index (χ3n) is 4.12. The van der Waals surface area contributed by atoms with Crippen LogP contribution in [0.25, 0.3) is 0 Å². The molecule has 2 amide bonds. The first-order valence-corrected chi connectivity index (χ1v) is 8.59. The summed E-state index contributed by atoms with van der Waals surface area (Å²) >= 11 is 0. The van der Waals surface area contributed by atoms with Gasteiger partial charge in [0.25, 0.3) is 5.91 Å². The van der Waals surface area contributed by atoms with Crippen LogP contribution in [0.1, 0.15) is 36.0 Å². The van der Waals surface area contributed by atoms with Gasteiger partial charge in [-0.1, -0.05) is 18.9 Å². The molecule has 1 fully saturated rings. The molecule has 0 atom stereocenters. The van der Waals surface area contributed by atoms with Crippen molar-refractivity contribution in [1.29, 1.82) is 0 Å². The van der Waals surface area contributed by atoms with Crippen LogP contribution in [0.5, 0.6) is 0 Å². The highest BCUT2D eigenvalue weighted by Gasteiger charge is 2.15. The van der Waals surface area contributed by atoms with Gasteiger partial charge in [0.2, 0.25) is 5.91 Å². The Labute approximate surface area is 143 Å². The highest BCUT2D eigenvalue weighted by molar-refractivity contribution is 5.95. The Bertz CT molecular complexity index is 540. The highest BCUT2D eigenvalue weighted by Crippen LogP contribution is 2.12. The maximum Gasteiger partial charge on any atom is 0.251 e. The Kier molecular flexibility index (Phi) is 7.55. The predicted molar refractivity (Wildman–Crippen MR) is 94.2 cm³/mol. The fraction of sp³-hybridized carbons (Fsp3) is 0.556. The van der Waals surface area contributed by atoms with Gasteiger partial charge >= 0.3 is 0 Å². The molecule has 0 aliphatic carbocycles. The standard InChI is InChI=1S/C18H27N3O3/c1-24-12-9-19-18(23)15-7-6-8-16(13-15)20-14-17(22)21-10-4-2-3-5-11-21/h6-8,13,20H,2-5,9-12,14H2,1H3,(H,19,23). The Morgan fingerprint density at radius 1 is 1.17 bits per heavy atom. The molecule has 2 rings (SSSR count). The van der Waals surface area contributed by atoms with Crippen molar-refractivity contribution in [3.63, 3.8) is 0 Å². The van der Waals surface area contributed by atoms with Gasteiger partial charge in [-0.3, -0.25) is 9.59 Å². The molecule has 6 nitrogen and oxygen atoms in total. The molecule has 24 heavy (non-hydrogen) atoms. The van der Waals surface area contributed by atoms with Gasteiger partial charge in [0, 0.05) is 38.0 Å². The second-order valence-electron chi connectivity index (χ2n) is 5.98. The van der Waals surface area contributed by atoms with Crippen LogP contribution in [0.3, 0.4) is 0 Å². The molecule has 0 spiro atoms.